The molecule has 0 saturated carbocycles. The SMILES string of the molecule is Cn1ncnc1Sc1cc(F)cc(C=O)c1. The van der Waals surface area contributed by atoms with E-state index >= 15 is 0 Å². The van der Waals surface area contributed by atoms with E-state index in [9.17, 15) is 9.18 Å². The highest BCUT2D eigenvalue weighted by atomic mass is 32.2. The van der Waals surface area contributed by atoms with Gasteiger partial charge in [0.1, 0.15) is 18.4 Å². The molecule has 0 fully saturated rings. The van der Waals surface area contributed by atoms with Gasteiger partial charge in [0.05, 0.1) is 0 Å². The standard InChI is InChI=1S/C10H8FN3OS/c1-14-10(12-6-13-14)16-9-3-7(5-15)2-8(11)4-9/h2-6H,1H3. The van der Waals surface area contributed by atoms with E-state index in [-0.39, 0.29) is 0 Å². The van der Waals surface area contributed by atoms with E-state index < -0.39 is 5.82 Å². The molecule has 0 N–H and O–H groups in total. The molecule has 0 aliphatic rings. The Labute approximate surface area is 95.5 Å². The van der Waals surface area contributed by atoms with Crippen molar-refractivity contribution in [3.8, 4) is 0 Å². The summed E-state index contributed by atoms with van der Waals surface area (Å²) in [7, 11) is 1.75. The fourth-order valence-electron chi connectivity index (χ4n) is 1.19. The fourth-order valence-corrected chi connectivity index (χ4v) is 2.05. The summed E-state index contributed by atoms with van der Waals surface area (Å²) in [5, 5.41) is 4.54. The van der Waals surface area contributed by atoms with Crippen molar-refractivity contribution in [1.29, 1.82) is 0 Å². The molecule has 6 heteroatoms. The van der Waals surface area contributed by atoms with Crippen molar-refractivity contribution in [3.05, 3.63) is 35.9 Å². The summed E-state index contributed by atoms with van der Waals surface area (Å²) in [6.45, 7) is 0. The van der Waals surface area contributed by atoms with Crippen LogP contribution in [0.25, 0.3) is 0 Å². The minimum absolute atomic E-state index is 0.310. The summed E-state index contributed by atoms with van der Waals surface area (Å²) in [6.07, 6.45) is 2.03. The van der Waals surface area contributed by atoms with Gasteiger partial charge in [-0.1, -0.05) is 11.8 Å². The molecule has 0 atom stereocenters. The number of hydrogen-bond donors (Lipinski definition) is 0. The van der Waals surface area contributed by atoms with Gasteiger partial charge in [0, 0.05) is 17.5 Å². The van der Waals surface area contributed by atoms with Crippen LogP contribution in [-0.4, -0.2) is 21.1 Å². The summed E-state index contributed by atoms with van der Waals surface area (Å²) < 4.78 is 14.7. The van der Waals surface area contributed by atoms with Gasteiger partial charge in [0.25, 0.3) is 0 Å². The average molecular weight is 237 g/mol. The van der Waals surface area contributed by atoms with Gasteiger partial charge in [0.2, 0.25) is 0 Å². The zero-order chi connectivity index (χ0) is 11.5. The topological polar surface area (TPSA) is 47.8 Å². The first-order chi connectivity index (χ1) is 7.69. The number of hydrogen-bond acceptors (Lipinski definition) is 4. The Morgan fingerprint density at radius 3 is 2.88 bits per heavy atom. The predicted molar refractivity (Wildman–Crippen MR) is 56.9 cm³/mol. The van der Waals surface area contributed by atoms with Gasteiger partial charge < -0.3 is 0 Å². The number of aryl methyl sites for hydroxylation is 1. The van der Waals surface area contributed by atoms with Crippen LogP contribution in [0.2, 0.25) is 0 Å². The van der Waals surface area contributed by atoms with E-state index in [4.69, 9.17) is 0 Å². The largest absolute Gasteiger partial charge is 0.298 e. The van der Waals surface area contributed by atoms with Crippen molar-refractivity contribution in [1.82, 2.24) is 14.8 Å². The molecule has 82 valence electrons. The molecule has 0 aliphatic heterocycles. The Morgan fingerprint density at radius 2 is 2.25 bits per heavy atom. The Bertz CT molecular complexity index is 527. The van der Waals surface area contributed by atoms with Crippen LogP contribution in [0, 0.1) is 5.82 Å². The molecule has 1 heterocycles. The second-order valence-electron chi connectivity index (χ2n) is 3.11. The van der Waals surface area contributed by atoms with Crippen LogP contribution in [0.3, 0.4) is 0 Å². The van der Waals surface area contributed by atoms with Crippen LogP contribution in [0.5, 0.6) is 0 Å². The van der Waals surface area contributed by atoms with E-state index in [0.29, 0.717) is 21.9 Å². The number of aldehydes is 1. The number of benzene rings is 1. The maximum atomic E-state index is 13.1. The van der Waals surface area contributed by atoms with Gasteiger partial charge in [-0.25, -0.2) is 14.1 Å². The monoisotopic (exact) mass is 237 g/mol. The van der Waals surface area contributed by atoms with E-state index in [1.54, 1.807) is 17.8 Å². The van der Waals surface area contributed by atoms with Crippen molar-refractivity contribution in [3.63, 3.8) is 0 Å². The summed E-state index contributed by atoms with van der Waals surface area (Å²) in [6, 6.07) is 4.15. The summed E-state index contributed by atoms with van der Waals surface area (Å²) in [4.78, 5) is 15.2. The van der Waals surface area contributed by atoms with Crippen LogP contribution < -0.4 is 0 Å². The van der Waals surface area contributed by atoms with Crippen LogP contribution in [-0.2, 0) is 7.05 Å². The minimum atomic E-state index is -0.436. The molecular weight excluding hydrogens is 229 g/mol. The van der Waals surface area contributed by atoms with Gasteiger partial charge in [-0.3, -0.25) is 4.79 Å². The van der Waals surface area contributed by atoms with Gasteiger partial charge >= 0.3 is 0 Å². The van der Waals surface area contributed by atoms with Crippen molar-refractivity contribution in [2.45, 2.75) is 10.1 Å². The second kappa shape index (κ2) is 4.44. The van der Waals surface area contributed by atoms with Crippen molar-refractivity contribution in [2.24, 2.45) is 7.05 Å². The summed E-state index contributed by atoms with van der Waals surface area (Å²) in [5.41, 5.74) is 0.310. The molecule has 0 saturated heterocycles. The molecule has 0 radical (unpaired) electrons. The zero-order valence-electron chi connectivity index (χ0n) is 8.42. The minimum Gasteiger partial charge on any atom is -0.298 e. The van der Waals surface area contributed by atoms with Crippen molar-refractivity contribution >= 4 is 18.0 Å². The number of aromatic nitrogens is 3. The molecule has 2 rings (SSSR count). The van der Waals surface area contributed by atoms with E-state index in [1.165, 1.54) is 30.2 Å². The molecule has 2 aromatic rings. The van der Waals surface area contributed by atoms with Crippen molar-refractivity contribution < 1.29 is 9.18 Å². The lowest BCUT2D eigenvalue weighted by Crippen LogP contribution is -1.93. The Kier molecular flexibility index (Phi) is 3.00. The summed E-state index contributed by atoms with van der Waals surface area (Å²) >= 11 is 1.26. The van der Waals surface area contributed by atoms with Gasteiger partial charge in [-0.2, -0.15) is 5.10 Å². The number of rotatable bonds is 3. The van der Waals surface area contributed by atoms with Crippen LogP contribution in [0.15, 0.2) is 34.6 Å². The van der Waals surface area contributed by atoms with Gasteiger partial charge in [-0.15, -0.1) is 0 Å². The normalized spacial score (nSPS) is 10.4. The molecule has 0 unspecified atom stereocenters. The molecule has 1 aromatic carbocycles. The zero-order valence-corrected chi connectivity index (χ0v) is 9.24. The molecule has 16 heavy (non-hydrogen) atoms. The first-order valence-corrected chi connectivity index (χ1v) is 5.28. The van der Waals surface area contributed by atoms with Gasteiger partial charge in [-0.05, 0) is 18.2 Å². The third kappa shape index (κ3) is 2.27. The quantitative estimate of drug-likeness (QED) is 0.765. The lowest BCUT2D eigenvalue weighted by atomic mass is 10.2. The fraction of sp³-hybridized carbons (Fsp3) is 0.100. The lowest BCUT2D eigenvalue weighted by molar-refractivity contribution is 0.112. The van der Waals surface area contributed by atoms with E-state index in [2.05, 4.69) is 10.1 Å². The molecule has 0 aliphatic carbocycles. The van der Waals surface area contributed by atoms with Crippen LogP contribution >= 0.6 is 11.8 Å². The Hall–Kier alpha value is -1.69. The first kappa shape index (κ1) is 10.8. The Balaban J connectivity index is 2.31. The average Bonchev–Trinajstić information content (AvgIpc) is 2.63. The van der Waals surface area contributed by atoms with Crippen molar-refractivity contribution in [2.75, 3.05) is 0 Å². The van der Waals surface area contributed by atoms with Crippen LogP contribution in [0.4, 0.5) is 4.39 Å². The maximum Gasteiger partial charge on any atom is 0.190 e. The molecule has 0 bridgehead atoms. The van der Waals surface area contributed by atoms with E-state index in [1.807, 2.05) is 0 Å². The molecule has 0 amide bonds. The highest BCUT2D eigenvalue weighted by Gasteiger charge is 2.06. The molecule has 4 nitrogen and oxygen atoms in total. The number of carbonyl (C=O) groups is 1. The third-order valence-corrected chi connectivity index (χ3v) is 2.93. The highest BCUT2D eigenvalue weighted by molar-refractivity contribution is 7.99. The number of halogens is 1. The smallest absolute Gasteiger partial charge is 0.190 e. The third-order valence-electron chi connectivity index (χ3n) is 1.91. The summed E-state index contributed by atoms with van der Waals surface area (Å²) in [5.74, 6) is -0.436. The predicted octanol–water partition coefficient (Wildman–Crippen LogP) is 1.92. The highest BCUT2D eigenvalue weighted by Crippen LogP contribution is 2.26. The second-order valence-corrected chi connectivity index (χ2v) is 4.15. The molecule has 0 spiro atoms. The van der Waals surface area contributed by atoms with E-state index in [0.717, 1.165) is 0 Å². The maximum absolute atomic E-state index is 13.1. The molecular formula is C10H8FN3OS. The first-order valence-electron chi connectivity index (χ1n) is 4.46. The Morgan fingerprint density at radius 1 is 1.44 bits per heavy atom. The van der Waals surface area contributed by atoms with Crippen LogP contribution in [0.1, 0.15) is 10.4 Å². The number of carbonyl (C=O) groups excluding carboxylic acids is 1. The number of nitrogens with zero attached hydrogens (tertiary/aromatic N) is 3. The lowest BCUT2D eigenvalue weighted by Gasteiger charge is -2.01. The van der Waals surface area contributed by atoms with Gasteiger partial charge in [0.15, 0.2) is 5.16 Å². The molecule has 1 aromatic heterocycles.